The third kappa shape index (κ3) is 3.59. The molecule has 0 radical (unpaired) electrons. The Morgan fingerprint density at radius 2 is 1.81 bits per heavy atom. The van der Waals surface area contributed by atoms with Crippen LogP contribution >= 0.6 is 12.4 Å². The lowest BCUT2D eigenvalue weighted by Crippen LogP contribution is -2.48. The molecule has 2 aliphatic rings. The molecule has 2 heterocycles. The molecule has 2 N–H and O–H groups in total. The molecule has 2 aliphatic heterocycles. The van der Waals surface area contributed by atoms with Crippen molar-refractivity contribution < 1.29 is 4.74 Å². The van der Waals surface area contributed by atoms with E-state index in [2.05, 4.69) is 31.4 Å². The minimum atomic E-state index is -0.0918. The van der Waals surface area contributed by atoms with E-state index < -0.39 is 0 Å². The molecule has 1 atom stereocenters. The normalized spacial score (nSPS) is 34.7. The zero-order chi connectivity index (χ0) is 10.9. The first-order valence-corrected chi connectivity index (χ1v) is 6.13. The minimum Gasteiger partial charge on any atom is -0.359 e. The van der Waals surface area contributed by atoms with Gasteiger partial charge in [0.15, 0.2) is 0 Å². The molecule has 0 aromatic heterocycles. The van der Waals surface area contributed by atoms with Crippen LogP contribution < -0.4 is 10.6 Å². The lowest BCUT2D eigenvalue weighted by molar-refractivity contribution is -0.0167. The molecular formula is C12H25ClN2O. The van der Waals surface area contributed by atoms with Gasteiger partial charge in [0, 0.05) is 5.54 Å². The number of rotatable bonds is 2. The van der Waals surface area contributed by atoms with Crippen LogP contribution in [0.5, 0.6) is 0 Å². The summed E-state index contributed by atoms with van der Waals surface area (Å²) in [7, 11) is 0. The highest BCUT2D eigenvalue weighted by atomic mass is 35.5. The van der Waals surface area contributed by atoms with Gasteiger partial charge in [-0.2, -0.15) is 0 Å². The molecule has 0 aliphatic carbocycles. The van der Waals surface area contributed by atoms with E-state index in [1.807, 2.05) is 0 Å². The van der Waals surface area contributed by atoms with Gasteiger partial charge in [-0.25, -0.2) is 0 Å². The Hall–Kier alpha value is 0.170. The number of hydrogen-bond donors (Lipinski definition) is 2. The summed E-state index contributed by atoms with van der Waals surface area (Å²) in [5.41, 5.74) is 0.0488. The highest BCUT2D eigenvalue weighted by molar-refractivity contribution is 5.85. The zero-order valence-corrected chi connectivity index (χ0v) is 11.5. The first-order valence-electron chi connectivity index (χ1n) is 6.13. The van der Waals surface area contributed by atoms with Crippen molar-refractivity contribution in [2.45, 2.75) is 51.3 Å². The van der Waals surface area contributed by atoms with Gasteiger partial charge in [0.25, 0.3) is 0 Å². The summed E-state index contributed by atoms with van der Waals surface area (Å²) in [5.74, 6) is 0.817. The van der Waals surface area contributed by atoms with E-state index in [-0.39, 0.29) is 23.7 Å². The minimum absolute atomic E-state index is 0. The number of nitrogens with one attached hydrogen (secondary N) is 2. The van der Waals surface area contributed by atoms with Gasteiger partial charge in [-0.1, -0.05) is 0 Å². The summed E-state index contributed by atoms with van der Waals surface area (Å²) < 4.78 is 5.93. The van der Waals surface area contributed by atoms with Gasteiger partial charge in [0.1, 0.15) is 5.72 Å². The van der Waals surface area contributed by atoms with Crippen LogP contribution in [0.4, 0.5) is 0 Å². The molecule has 4 heteroatoms. The Kier molecular flexibility index (Phi) is 4.64. The van der Waals surface area contributed by atoms with Crippen molar-refractivity contribution in [2.24, 2.45) is 5.92 Å². The van der Waals surface area contributed by atoms with Gasteiger partial charge in [0.05, 0.1) is 6.61 Å². The second kappa shape index (κ2) is 5.21. The number of hydrogen-bond acceptors (Lipinski definition) is 3. The van der Waals surface area contributed by atoms with E-state index >= 15 is 0 Å². The maximum absolute atomic E-state index is 5.93. The number of halogens is 1. The topological polar surface area (TPSA) is 33.3 Å². The molecule has 1 unspecified atom stereocenters. The molecule has 16 heavy (non-hydrogen) atoms. The number of piperidine rings is 1. The first-order chi connectivity index (χ1) is 6.99. The summed E-state index contributed by atoms with van der Waals surface area (Å²) in [6.07, 6.45) is 3.74. The summed E-state index contributed by atoms with van der Waals surface area (Å²) in [4.78, 5) is 0. The third-order valence-electron chi connectivity index (χ3n) is 3.49. The zero-order valence-electron chi connectivity index (χ0n) is 10.6. The average molecular weight is 249 g/mol. The smallest absolute Gasteiger partial charge is 0.117 e. The summed E-state index contributed by atoms with van der Waals surface area (Å²) in [5, 5.41) is 7.02. The maximum atomic E-state index is 5.93. The predicted molar refractivity (Wildman–Crippen MR) is 69.0 cm³/mol. The van der Waals surface area contributed by atoms with Crippen LogP contribution in [0.1, 0.15) is 40.0 Å². The van der Waals surface area contributed by atoms with Crippen molar-refractivity contribution in [1.82, 2.24) is 10.6 Å². The van der Waals surface area contributed by atoms with Crippen LogP contribution in [0, 0.1) is 5.92 Å². The SMILES string of the molecule is CC1(C)COC(C)(CC2CCNCC2)N1.Cl. The molecular weight excluding hydrogens is 224 g/mol. The predicted octanol–water partition coefficient (Wildman–Crippen LogP) is 1.91. The molecule has 0 bridgehead atoms. The van der Waals surface area contributed by atoms with Crippen LogP contribution in [0.3, 0.4) is 0 Å². The molecule has 2 saturated heterocycles. The summed E-state index contributed by atoms with van der Waals surface area (Å²) in [6.45, 7) is 9.79. The van der Waals surface area contributed by atoms with Gasteiger partial charge in [-0.3, -0.25) is 5.32 Å². The van der Waals surface area contributed by atoms with E-state index in [4.69, 9.17) is 4.74 Å². The van der Waals surface area contributed by atoms with Crippen molar-refractivity contribution >= 4 is 12.4 Å². The van der Waals surface area contributed by atoms with Crippen LogP contribution in [0.2, 0.25) is 0 Å². The Morgan fingerprint density at radius 3 is 2.31 bits per heavy atom. The maximum Gasteiger partial charge on any atom is 0.117 e. The van der Waals surface area contributed by atoms with Crippen molar-refractivity contribution in [3.05, 3.63) is 0 Å². The first kappa shape index (κ1) is 14.2. The van der Waals surface area contributed by atoms with Crippen molar-refractivity contribution in [3.63, 3.8) is 0 Å². The van der Waals surface area contributed by atoms with E-state index in [1.54, 1.807) is 0 Å². The van der Waals surface area contributed by atoms with Crippen LogP contribution in [0.15, 0.2) is 0 Å². The van der Waals surface area contributed by atoms with Crippen molar-refractivity contribution in [2.75, 3.05) is 19.7 Å². The van der Waals surface area contributed by atoms with Crippen molar-refractivity contribution in [1.29, 1.82) is 0 Å². The molecule has 3 nitrogen and oxygen atoms in total. The molecule has 0 aromatic rings. The monoisotopic (exact) mass is 248 g/mol. The molecule has 2 fully saturated rings. The van der Waals surface area contributed by atoms with Gasteiger partial charge < -0.3 is 10.1 Å². The van der Waals surface area contributed by atoms with Crippen molar-refractivity contribution in [3.8, 4) is 0 Å². The fourth-order valence-corrected chi connectivity index (χ4v) is 2.87. The Bertz CT molecular complexity index is 229. The molecule has 96 valence electrons. The fraction of sp³-hybridized carbons (Fsp3) is 1.00. The lowest BCUT2D eigenvalue weighted by atomic mass is 9.89. The fourth-order valence-electron chi connectivity index (χ4n) is 2.87. The third-order valence-corrected chi connectivity index (χ3v) is 3.49. The van der Waals surface area contributed by atoms with Gasteiger partial charge in [-0.05, 0) is 59.0 Å². The number of ether oxygens (including phenoxy) is 1. The van der Waals surface area contributed by atoms with Gasteiger partial charge in [0.2, 0.25) is 0 Å². The molecule has 2 rings (SSSR count). The molecule has 0 saturated carbocycles. The summed E-state index contributed by atoms with van der Waals surface area (Å²) in [6, 6.07) is 0. The van der Waals surface area contributed by atoms with E-state index in [0.717, 1.165) is 18.9 Å². The van der Waals surface area contributed by atoms with Crippen LogP contribution in [0.25, 0.3) is 0 Å². The van der Waals surface area contributed by atoms with Gasteiger partial charge in [-0.15, -0.1) is 12.4 Å². The Labute approximate surface area is 105 Å². The van der Waals surface area contributed by atoms with Gasteiger partial charge >= 0.3 is 0 Å². The highest BCUT2D eigenvalue weighted by Gasteiger charge is 2.41. The Balaban J connectivity index is 0.00000128. The van der Waals surface area contributed by atoms with E-state index in [9.17, 15) is 0 Å². The second-order valence-electron chi connectivity index (χ2n) is 5.93. The molecule has 0 spiro atoms. The van der Waals surface area contributed by atoms with Crippen LogP contribution in [-0.4, -0.2) is 31.0 Å². The highest BCUT2D eigenvalue weighted by Crippen LogP contribution is 2.31. The standard InChI is InChI=1S/C12H24N2O.ClH/c1-11(2)9-15-12(3,14-11)8-10-4-6-13-7-5-10;/h10,13-14H,4-9H2,1-3H3;1H. The average Bonchev–Trinajstić information content (AvgIpc) is 2.42. The van der Waals surface area contributed by atoms with E-state index in [0.29, 0.717) is 0 Å². The largest absolute Gasteiger partial charge is 0.359 e. The van der Waals surface area contributed by atoms with Crippen LogP contribution in [-0.2, 0) is 4.74 Å². The lowest BCUT2D eigenvalue weighted by Gasteiger charge is -2.32. The molecule has 0 aromatic carbocycles. The van der Waals surface area contributed by atoms with E-state index in [1.165, 1.54) is 25.9 Å². The molecule has 0 amide bonds. The second-order valence-corrected chi connectivity index (χ2v) is 5.93. The summed E-state index contributed by atoms with van der Waals surface area (Å²) >= 11 is 0. The quantitative estimate of drug-likeness (QED) is 0.783. The Morgan fingerprint density at radius 1 is 1.19 bits per heavy atom.